The zero-order valence-electron chi connectivity index (χ0n) is 11.2. The van der Waals surface area contributed by atoms with Crippen LogP contribution in [0.15, 0.2) is 22.6 Å². The van der Waals surface area contributed by atoms with Gasteiger partial charge >= 0.3 is 5.97 Å². The lowest BCUT2D eigenvalue weighted by Gasteiger charge is -2.12. The Labute approximate surface area is 116 Å². The van der Waals surface area contributed by atoms with E-state index in [2.05, 4.69) is 0 Å². The maximum atomic E-state index is 11.3. The Morgan fingerprint density at radius 3 is 2.75 bits per heavy atom. The van der Waals surface area contributed by atoms with Crippen molar-refractivity contribution < 1.29 is 23.8 Å². The smallest absolute Gasteiger partial charge is 0.375 e. The van der Waals surface area contributed by atoms with Gasteiger partial charge in [-0.05, 0) is 43.9 Å². The highest BCUT2D eigenvalue weighted by Gasteiger charge is 2.26. The predicted molar refractivity (Wildman–Crippen MR) is 72.6 cm³/mol. The van der Waals surface area contributed by atoms with Gasteiger partial charge < -0.3 is 19.0 Å². The lowest BCUT2D eigenvalue weighted by Crippen LogP contribution is -2.12. The maximum absolute atomic E-state index is 11.3. The van der Waals surface area contributed by atoms with Crippen molar-refractivity contribution in [1.82, 2.24) is 0 Å². The Hall–Kier alpha value is -2.17. The Morgan fingerprint density at radius 2 is 2.10 bits per heavy atom. The third kappa shape index (κ3) is 2.19. The number of hydrogen-bond donors (Lipinski definition) is 1. The highest BCUT2D eigenvalue weighted by molar-refractivity contribution is 5.98. The van der Waals surface area contributed by atoms with Gasteiger partial charge in [0, 0.05) is 0 Å². The topological polar surface area (TPSA) is 68.9 Å². The molecule has 0 radical (unpaired) electrons. The van der Waals surface area contributed by atoms with Gasteiger partial charge in [-0.1, -0.05) is 0 Å². The van der Waals surface area contributed by atoms with Crippen molar-refractivity contribution in [3.8, 4) is 11.5 Å². The van der Waals surface area contributed by atoms with Gasteiger partial charge in [-0.15, -0.1) is 0 Å². The fourth-order valence-electron chi connectivity index (χ4n) is 2.61. The molecule has 5 heteroatoms. The number of carboxylic acid groups (broad SMARTS) is 1. The van der Waals surface area contributed by atoms with Gasteiger partial charge in [0.15, 0.2) is 5.75 Å². The monoisotopic (exact) mass is 276 g/mol. The van der Waals surface area contributed by atoms with Gasteiger partial charge in [-0.3, -0.25) is 0 Å². The molecule has 20 heavy (non-hydrogen) atoms. The molecule has 1 aromatic carbocycles. The molecule has 0 aliphatic heterocycles. The summed E-state index contributed by atoms with van der Waals surface area (Å²) in [5.41, 5.74) is 0.496. The number of rotatable bonds is 4. The second-order valence-electron chi connectivity index (χ2n) is 4.95. The molecular weight excluding hydrogens is 260 g/mol. The molecule has 0 atom stereocenters. The molecule has 1 heterocycles. The average Bonchev–Trinajstić information content (AvgIpc) is 3.07. The van der Waals surface area contributed by atoms with Crippen molar-refractivity contribution >= 4 is 16.9 Å². The van der Waals surface area contributed by atoms with E-state index in [9.17, 15) is 9.90 Å². The Morgan fingerprint density at radius 1 is 1.35 bits per heavy atom. The second-order valence-corrected chi connectivity index (χ2v) is 4.95. The van der Waals surface area contributed by atoms with E-state index in [1.807, 2.05) is 0 Å². The van der Waals surface area contributed by atoms with Crippen LogP contribution in [0.3, 0.4) is 0 Å². The number of carboxylic acids is 1. The van der Waals surface area contributed by atoms with E-state index in [1.54, 1.807) is 25.3 Å². The summed E-state index contributed by atoms with van der Waals surface area (Å²) in [7, 11) is 1.57. The van der Waals surface area contributed by atoms with Gasteiger partial charge in [-0.2, -0.15) is 0 Å². The summed E-state index contributed by atoms with van der Waals surface area (Å²) in [6.07, 6.45) is 4.21. The Balaban J connectivity index is 2.08. The standard InChI is InChI=1S/C15H16O5/c1-18-10-6-7-12-11(8-10)13(14(20-12)15(16)17)19-9-4-2-3-5-9/h6-9H,2-5H2,1H3,(H,16,17). The van der Waals surface area contributed by atoms with Gasteiger partial charge in [0.05, 0.1) is 18.6 Å². The quantitative estimate of drug-likeness (QED) is 0.926. The van der Waals surface area contributed by atoms with Crippen LogP contribution >= 0.6 is 0 Å². The van der Waals surface area contributed by atoms with Crippen LogP contribution in [0.5, 0.6) is 11.5 Å². The molecule has 106 valence electrons. The first kappa shape index (κ1) is 12.8. The van der Waals surface area contributed by atoms with Gasteiger partial charge in [-0.25, -0.2) is 4.79 Å². The highest BCUT2D eigenvalue weighted by atomic mass is 16.5. The number of hydrogen-bond acceptors (Lipinski definition) is 4. The summed E-state index contributed by atoms with van der Waals surface area (Å²) in [5, 5.41) is 9.91. The molecular formula is C15H16O5. The van der Waals surface area contributed by atoms with E-state index in [0.717, 1.165) is 25.7 Å². The first-order valence-corrected chi connectivity index (χ1v) is 6.69. The van der Waals surface area contributed by atoms with Crippen molar-refractivity contribution in [1.29, 1.82) is 0 Å². The summed E-state index contributed by atoms with van der Waals surface area (Å²) >= 11 is 0. The minimum absolute atomic E-state index is 0.0695. The van der Waals surface area contributed by atoms with E-state index >= 15 is 0 Å². The first-order chi connectivity index (χ1) is 9.69. The van der Waals surface area contributed by atoms with Crippen molar-refractivity contribution in [2.24, 2.45) is 0 Å². The number of carbonyl (C=O) groups is 1. The largest absolute Gasteiger partial charge is 0.497 e. The summed E-state index contributed by atoms with van der Waals surface area (Å²) in [5.74, 6) is -0.293. The van der Waals surface area contributed by atoms with Crippen LogP contribution in [-0.4, -0.2) is 24.3 Å². The molecule has 5 nitrogen and oxygen atoms in total. The predicted octanol–water partition coefficient (Wildman–Crippen LogP) is 3.46. The molecule has 0 amide bonds. The van der Waals surface area contributed by atoms with E-state index in [4.69, 9.17) is 13.9 Å². The van der Waals surface area contributed by atoms with Crippen LogP contribution in [0, 0.1) is 0 Å². The van der Waals surface area contributed by atoms with Crippen LogP contribution in [0.25, 0.3) is 11.0 Å². The molecule has 1 aromatic heterocycles. The van der Waals surface area contributed by atoms with Crippen LogP contribution in [0.1, 0.15) is 36.2 Å². The maximum Gasteiger partial charge on any atom is 0.375 e. The zero-order chi connectivity index (χ0) is 14.1. The van der Waals surface area contributed by atoms with Gasteiger partial charge in [0.25, 0.3) is 5.76 Å². The number of benzene rings is 1. The first-order valence-electron chi connectivity index (χ1n) is 6.69. The number of fused-ring (bicyclic) bond motifs is 1. The number of methoxy groups -OCH3 is 1. The molecule has 1 saturated carbocycles. The van der Waals surface area contributed by atoms with Crippen LogP contribution in [-0.2, 0) is 0 Å². The fraction of sp³-hybridized carbons (Fsp3) is 0.400. The molecule has 2 aromatic rings. The van der Waals surface area contributed by atoms with E-state index < -0.39 is 5.97 Å². The third-order valence-electron chi connectivity index (χ3n) is 3.63. The molecule has 0 unspecified atom stereocenters. The molecule has 0 saturated heterocycles. The molecule has 1 aliphatic carbocycles. The fourth-order valence-corrected chi connectivity index (χ4v) is 2.61. The summed E-state index contributed by atoms with van der Waals surface area (Å²) < 4.78 is 16.5. The van der Waals surface area contributed by atoms with Crippen molar-refractivity contribution in [3.63, 3.8) is 0 Å². The lowest BCUT2D eigenvalue weighted by atomic mass is 10.2. The zero-order valence-corrected chi connectivity index (χ0v) is 11.2. The summed E-state index contributed by atoms with van der Waals surface area (Å²) in [6, 6.07) is 5.18. The number of aromatic carboxylic acids is 1. The van der Waals surface area contributed by atoms with Crippen molar-refractivity contribution in [2.75, 3.05) is 7.11 Å². The highest BCUT2D eigenvalue weighted by Crippen LogP contribution is 2.37. The van der Waals surface area contributed by atoms with E-state index in [0.29, 0.717) is 22.5 Å². The molecule has 1 aliphatic rings. The average molecular weight is 276 g/mol. The van der Waals surface area contributed by atoms with E-state index in [1.165, 1.54) is 0 Å². The summed E-state index contributed by atoms with van der Waals surface area (Å²) in [4.78, 5) is 11.3. The SMILES string of the molecule is COc1ccc2oc(C(=O)O)c(OC3CCCC3)c2c1. The number of ether oxygens (including phenoxy) is 2. The third-order valence-corrected chi connectivity index (χ3v) is 3.63. The minimum Gasteiger partial charge on any atom is -0.497 e. The van der Waals surface area contributed by atoms with Crippen molar-refractivity contribution in [2.45, 2.75) is 31.8 Å². The molecule has 1 N–H and O–H groups in total. The minimum atomic E-state index is -1.12. The normalized spacial score (nSPS) is 15.7. The second kappa shape index (κ2) is 5.07. The van der Waals surface area contributed by atoms with Crippen LogP contribution < -0.4 is 9.47 Å². The van der Waals surface area contributed by atoms with Gasteiger partial charge in [0.2, 0.25) is 0 Å². The molecule has 0 bridgehead atoms. The van der Waals surface area contributed by atoms with Crippen molar-refractivity contribution in [3.05, 3.63) is 24.0 Å². The van der Waals surface area contributed by atoms with E-state index in [-0.39, 0.29) is 11.9 Å². The van der Waals surface area contributed by atoms with Crippen LogP contribution in [0.2, 0.25) is 0 Å². The molecule has 0 spiro atoms. The lowest BCUT2D eigenvalue weighted by molar-refractivity contribution is 0.0654. The molecule has 1 fully saturated rings. The van der Waals surface area contributed by atoms with Gasteiger partial charge in [0.1, 0.15) is 11.3 Å². The number of furan rings is 1. The Kier molecular flexibility index (Phi) is 3.26. The van der Waals surface area contributed by atoms with Crippen LogP contribution in [0.4, 0.5) is 0 Å². The summed E-state index contributed by atoms with van der Waals surface area (Å²) in [6.45, 7) is 0. The Bertz CT molecular complexity index is 637. The molecule has 3 rings (SSSR count).